The van der Waals surface area contributed by atoms with Crippen LogP contribution in [0, 0.1) is 0 Å². The first-order valence-corrected chi connectivity index (χ1v) is 3.96. The number of aliphatic hydroxyl groups excluding tert-OH is 1. The number of amides is 2. The number of carbonyl (C=O) groups is 2. The van der Waals surface area contributed by atoms with Crippen molar-refractivity contribution in [2.45, 2.75) is 25.0 Å². The summed E-state index contributed by atoms with van der Waals surface area (Å²) in [5, 5.41) is 11.5. The Balaban J connectivity index is 2.23. The van der Waals surface area contributed by atoms with Crippen LogP contribution in [0.1, 0.15) is 12.8 Å². The van der Waals surface area contributed by atoms with Crippen LogP contribution >= 0.6 is 0 Å². The Labute approximate surface area is 69.3 Å². The van der Waals surface area contributed by atoms with E-state index < -0.39 is 6.04 Å². The maximum Gasteiger partial charge on any atom is 0.246 e. The molecular weight excluding hydrogens is 160 g/mol. The van der Waals surface area contributed by atoms with Crippen molar-refractivity contribution in [3.05, 3.63) is 0 Å². The fraction of sp³-hybridized carbons (Fsp3) is 0.714. The van der Waals surface area contributed by atoms with E-state index in [0.29, 0.717) is 12.8 Å². The van der Waals surface area contributed by atoms with Gasteiger partial charge in [-0.15, -0.1) is 0 Å². The van der Waals surface area contributed by atoms with Crippen molar-refractivity contribution in [3.8, 4) is 0 Å². The maximum absolute atomic E-state index is 11.2. The van der Waals surface area contributed by atoms with Gasteiger partial charge in [0.25, 0.3) is 0 Å². The number of aliphatic hydroxyl groups is 1. The minimum atomic E-state index is -0.648. The van der Waals surface area contributed by atoms with Crippen LogP contribution in [-0.4, -0.2) is 40.6 Å². The van der Waals surface area contributed by atoms with Gasteiger partial charge in [-0.25, -0.2) is 0 Å². The van der Waals surface area contributed by atoms with Crippen molar-refractivity contribution in [2.24, 2.45) is 0 Å². The zero-order valence-corrected chi connectivity index (χ0v) is 6.49. The molecule has 0 aromatic carbocycles. The lowest BCUT2D eigenvalue weighted by molar-refractivity contribution is -0.134. The molecule has 0 unspecified atom stereocenters. The highest BCUT2D eigenvalue weighted by atomic mass is 16.3. The molecule has 12 heavy (non-hydrogen) atoms. The molecular formula is C7H10N2O3. The molecule has 5 heteroatoms. The fourth-order valence-electron chi connectivity index (χ4n) is 1.79. The van der Waals surface area contributed by atoms with Crippen LogP contribution in [0.3, 0.4) is 0 Å². The highest BCUT2D eigenvalue weighted by Gasteiger charge is 2.45. The van der Waals surface area contributed by atoms with E-state index in [-0.39, 0.29) is 24.6 Å². The molecule has 2 rings (SSSR count). The van der Waals surface area contributed by atoms with Crippen LogP contribution in [0.5, 0.6) is 0 Å². The highest BCUT2D eigenvalue weighted by Crippen LogP contribution is 2.24. The second-order valence-electron chi connectivity index (χ2n) is 3.06. The number of hydrogen-bond acceptors (Lipinski definition) is 3. The third-order valence-corrected chi connectivity index (χ3v) is 2.38. The largest absolute Gasteiger partial charge is 0.394 e. The summed E-state index contributed by atoms with van der Waals surface area (Å²) < 4.78 is 0. The average molecular weight is 170 g/mol. The summed E-state index contributed by atoms with van der Waals surface area (Å²) >= 11 is 0. The van der Waals surface area contributed by atoms with Gasteiger partial charge in [0.05, 0.1) is 6.61 Å². The normalized spacial score (nSPS) is 33.9. The van der Waals surface area contributed by atoms with E-state index in [1.165, 1.54) is 4.90 Å². The van der Waals surface area contributed by atoms with Crippen LogP contribution in [0.2, 0.25) is 0 Å². The lowest BCUT2D eigenvalue weighted by Gasteiger charge is -2.18. The summed E-state index contributed by atoms with van der Waals surface area (Å²) in [5.74, 6) is -0.284. The zero-order chi connectivity index (χ0) is 8.72. The van der Waals surface area contributed by atoms with Crippen LogP contribution in [0.4, 0.5) is 0 Å². The molecule has 0 aromatic rings. The SMILES string of the molecule is O=C1N[C@H]2CCC(=O)N2[C@H]1CO. The van der Waals surface area contributed by atoms with E-state index in [1.807, 2.05) is 0 Å². The molecule has 2 aliphatic heterocycles. The summed E-state index contributed by atoms with van der Waals surface area (Å²) in [6.45, 7) is -0.284. The van der Waals surface area contributed by atoms with Gasteiger partial charge in [0.1, 0.15) is 12.2 Å². The quantitative estimate of drug-likeness (QED) is 0.499. The molecule has 66 valence electrons. The van der Waals surface area contributed by atoms with Gasteiger partial charge in [-0.05, 0) is 6.42 Å². The van der Waals surface area contributed by atoms with Crippen molar-refractivity contribution < 1.29 is 14.7 Å². The highest BCUT2D eigenvalue weighted by molar-refractivity contribution is 5.92. The number of nitrogens with one attached hydrogen (secondary N) is 1. The zero-order valence-electron chi connectivity index (χ0n) is 6.49. The molecule has 2 aliphatic rings. The van der Waals surface area contributed by atoms with E-state index in [2.05, 4.69) is 5.32 Å². The monoisotopic (exact) mass is 170 g/mol. The van der Waals surface area contributed by atoms with Gasteiger partial charge >= 0.3 is 0 Å². The molecule has 0 radical (unpaired) electrons. The molecule has 5 nitrogen and oxygen atoms in total. The van der Waals surface area contributed by atoms with Crippen molar-refractivity contribution in [1.82, 2.24) is 10.2 Å². The van der Waals surface area contributed by atoms with Crippen molar-refractivity contribution in [2.75, 3.05) is 6.61 Å². The number of rotatable bonds is 1. The van der Waals surface area contributed by atoms with Gasteiger partial charge in [-0.2, -0.15) is 0 Å². The van der Waals surface area contributed by atoms with Crippen molar-refractivity contribution in [3.63, 3.8) is 0 Å². The summed E-state index contributed by atoms with van der Waals surface area (Å²) in [5.41, 5.74) is 0. The Morgan fingerprint density at radius 1 is 1.58 bits per heavy atom. The van der Waals surface area contributed by atoms with E-state index in [1.54, 1.807) is 0 Å². The first-order chi connectivity index (χ1) is 5.74. The summed E-state index contributed by atoms with van der Waals surface area (Å²) in [6, 6.07) is -0.648. The summed E-state index contributed by atoms with van der Waals surface area (Å²) in [6.07, 6.45) is 0.977. The van der Waals surface area contributed by atoms with Crippen molar-refractivity contribution in [1.29, 1.82) is 0 Å². The Hall–Kier alpha value is -1.10. The topological polar surface area (TPSA) is 69.6 Å². The number of fused-ring (bicyclic) bond motifs is 1. The Morgan fingerprint density at radius 3 is 3.00 bits per heavy atom. The molecule has 2 amide bonds. The van der Waals surface area contributed by atoms with Gasteiger partial charge < -0.3 is 15.3 Å². The minimum absolute atomic E-state index is 0.0441. The number of nitrogens with zero attached hydrogens (tertiary/aromatic N) is 1. The van der Waals surface area contributed by atoms with Gasteiger partial charge in [0, 0.05) is 6.42 Å². The molecule has 0 spiro atoms. The Kier molecular flexibility index (Phi) is 1.54. The second kappa shape index (κ2) is 2.45. The molecule has 2 heterocycles. The average Bonchev–Trinajstić information content (AvgIpc) is 2.52. The third-order valence-electron chi connectivity index (χ3n) is 2.38. The van der Waals surface area contributed by atoms with Gasteiger partial charge in [0.2, 0.25) is 11.8 Å². The summed E-state index contributed by atoms with van der Waals surface area (Å²) in [7, 11) is 0. The summed E-state index contributed by atoms with van der Waals surface area (Å²) in [4.78, 5) is 23.7. The third kappa shape index (κ3) is 0.828. The fourth-order valence-corrected chi connectivity index (χ4v) is 1.79. The minimum Gasteiger partial charge on any atom is -0.394 e. The van der Waals surface area contributed by atoms with E-state index in [4.69, 9.17) is 5.11 Å². The predicted octanol–water partition coefficient (Wildman–Crippen LogP) is -1.57. The van der Waals surface area contributed by atoms with Gasteiger partial charge in [0.15, 0.2) is 0 Å². The smallest absolute Gasteiger partial charge is 0.246 e. The maximum atomic E-state index is 11.2. The lowest BCUT2D eigenvalue weighted by atomic mass is 10.3. The molecule has 0 bridgehead atoms. The first-order valence-electron chi connectivity index (χ1n) is 3.96. The number of carbonyl (C=O) groups excluding carboxylic acids is 2. The molecule has 2 fully saturated rings. The molecule has 2 N–H and O–H groups in total. The first kappa shape index (κ1) is 7.54. The van der Waals surface area contributed by atoms with Crippen LogP contribution in [0.15, 0.2) is 0 Å². The van der Waals surface area contributed by atoms with E-state index in [9.17, 15) is 9.59 Å². The number of hydrogen-bond donors (Lipinski definition) is 2. The standard InChI is InChI=1S/C7H10N2O3/c10-3-4-7(12)8-5-1-2-6(11)9(4)5/h4-5,10H,1-3H2,(H,8,12)/t4-,5+/m0/s1. The van der Waals surface area contributed by atoms with Crippen LogP contribution < -0.4 is 5.32 Å². The van der Waals surface area contributed by atoms with Gasteiger partial charge in [-0.3, -0.25) is 9.59 Å². The van der Waals surface area contributed by atoms with Crippen LogP contribution in [-0.2, 0) is 9.59 Å². The predicted molar refractivity (Wildman–Crippen MR) is 38.9 cm³/mol. The molecule has 2 saturated heterocycles. The lowest BCUT2D eigenvalue weighted by Crippen LogP contribution is -2.39. The molecule has 2 atom stereocenters. The van der Waals surface area contributed by atoms with Crippen molar-refractivity contribution >= 4 is 11.8 Å². The van der Waals surface area contributed by atoms with E-state index in [0.717, 1.165) is 0 Å². The Morgan fingerprint density at radius 2 is 2.33 bits per heavy atom. The molecule has 0 aromatic heterocycles. The van der Waals surface area contributed by atoms with Gasteiger partial charge in [-0.1, -0.05) is 0 Å². The molecule has 0 aliphatic carbocycles. The molecule has 0 saturated carbocycles. The van der Waals surface area contributed by atoms with Crippen LogP contribution in [0.25, 0.3) is 0 Å². The van der Waals surface area contributed by atoms with E-state index >= 15 is 0 Å². The second-order valence-corrected chi connectivity index (χ2v) is 3.06. The Bertz CT molecular complexity index is 239.